The van der Waals surface area contributed by atoms with Crippen LogP contribution in [0, 0.1) is 0 Å². The van der Waals surface area contributed by atoms with Gasteiger partial charge in [0.15, 0.2) is 0 Å². The van der Waals surface area contributed by atoms with Gasteiger partial charge in [0, 0.05) is 18.0 Å². The number of amides is 2. The molecular weight excluding hydrogens is 315 g/mol. The van der Waals surface area contributed by atoms with E-state index in [1.807, 2.05) is 0 Å². The number of halogens is 2. The van der Waals surface area contributed by atoms with E-state index >= 15 is 0 Å². The lowest BCUT2D eigenvalue weighted by Gasteiger charge is -2.21. The van der Waals surface area contributed by atoms with E-state index < -0.39 is 5.91 Å². The number of carbonyl (C=O) groups excluding carboxylic acids is 3. The molecule has 21 heavy (non-hydrogen) atoms. The molecule has 1 aliphatic carbocycles. The molecule has 1 N–H and O–H groups in total. The fourth-order valence-electron chi connectivity index (χ4n) is 2.44. The number of carbonyl (C=O) groups is 3. The number of rotatable bonds is 4. The van der Waals surface area contributed by atoms with Crippen LogP contribution in [0.25, 0.3) is 0 Å². The molecule has 0 radical (unpaired) electrons. The van der Waals surface area contributed by atoms with E-state index in [1.165, 1.54) is 4.90 Å². The standard InChI is InChI=1S/C14H16Cl2N2O3/c15-9-3-4-11(12(16)6-9)14(21)17-7-13(20)18-5-1-2-10(18)8-19/h3-4,8-10H,1-2,5-7H2,(H,17,21)/t9?,10-/m0/s1. The first-order valence-corrected chi connectivity index (χ1v) is 7.58. The molecule has 0 spiro atoms. The zero-order valence-electron chi connectivity index (χ0n) is 11.4. The van der Waals surface area contributed by atoms with E-state index in [9.17, 15) is 14.4 Å². The van der Waals surface area contributed by atoms with Crippen LogP contribution in [-0.4, -0.2) is 47.5 Å². The van der Waals surface area contributed by atoms with Gasteiger partial charge in [-0.3, -0.25) is 9.59 Å². The lowest BCUT2D eigenvalue weighted by atomic mass is 10.1. The van der Waals surface area contributed by atoms with Gasteiger partial charge in [0.1, 0.15) is 6.29 Å². The Morgan fingerprint density at radius 1 is 1.48 bits per heavy atom. The molecule has 0 aromatic rings. The molecule has 7 heteroatoms. The molecule has 1 fully saturated rings. The Bertz CT molecular complexity index is 516. The topological polar surface area (TPSA) is 66.5 Å². The first-order chi connectivity index (χ1) is 10.0. The van der Waals surface area contributed by atoms with Crippen LogP contribution in [0.3, 0.4) is 0 Å². The number of allylic oxidation sites excluding steroid dienone is 2. The van der Waals surface area contributed by atoms with E-state index in [4.69, 9.17) is 23.2 Å². The number of alkyl halides is 1. The van der Waals surface area contributed by atoms with Crippen LogP contribution in [0.2, 0.25) is 0 Å². The van der Waals surface area contributed by atoms with Gasteiger partial charge >= 0.3 is 0 Å². The van der Waals surface area contributed by atoms with Gasteiger partial charge in [-0.2, -0.15) is 0 Å². The van der Waals surface area contributed by atoms with Gasteiger partial charge in [-0.25, -0.2) is 0 Å². The third kappa shape index (κ3) is 3.86. The number of likely N-dealkylation sites (tertiary alicyclic amines) is 1. The second-order valence-electron chi connectivity index (χ2n) is 5.01. The zero-order chi connectivity index (χ0) is 15.4. The molecule has 1 saturated heterocycles. The van der Waals surface area contributed by atoms with Crippen molar-refractivity contribution in [2.75, 3.05) is 13.1 Å². The summed E-state index contributed by atoms with van der Waals surface area (Å²) in [6, 6.07) is -0.371. The van der Waals surface area contributed by atoms with Crippen molar-refractivity contribution < 1.29 is 14.4 Å². The Labute approximate surface area is 132 Å². The van der Waals surface area contributed by atoms with Gasteiger partial charge in [0.2, 0.25) is 5.91 Å². The van der Waals surface area contributed by atoms with Crippen LogP contribution in [0.4, 0.5) is 0 Å². The van der Waals surface area contributed by atoms with E-state index in [0.717, 1.165) is 12.7 Å². The number of aldehydes is 1. The summed E-state index contributed by atoms with van der Waals surface area (Å²) in [4.78, 5) is 36.3. The maximum atomic E-state index is 12.0. The van der Waals surface area contributed by atoms with Gasteiger partial charge in [-0.1, -0.05) is 23.8 Å². The first kappa shape index (κ1) is 16.0. The van der Waals surface area contributed by atoms with Crippen molar-refractivity contribution in [3.63, 3.8) is 0 Å². The molecule has 0 bridgehead atoms. The highest BCUT2D eigenvalue weighted by atomic mass is 35.5. The lowest BCUT2D eigenvalue weighted by molar-refractivity contribution is -0.134. The van der Waals surface area contributed by atoms with Gasteiger partial charge < -0.3 is 15.0 Å². The minimum Gasteiger partial charge on any atom is -0.343 e. The van der Waals surface area contributed by atoms with Gasteiger partial charge in [-0.15, -0.1) is 11.6 Å². The summed E-state index contributed by atoms with van der Waals surface area (Å²) in [7, 11) is 0. The molecule has 0 aromatic carbocycles. The predicted molar refractivity (Wildman–Crippen MR) is 80.1 cm³/mol. The van der Waals surface area contributed by atoms with E-state index in [1.54, 1.807) is 12.2 Å². The van der Waals surface area contributed by atoms with Crippen LogP contribution in [0.1, 0.15) is 19.3 Å². The monoisotopic (exact) mass is 330 g/mol. The molecule has 0 aromatic heterocycles. The summed E-state index contributed by atoms with van der Waals surface area (Å²) in [5.41, 5.74) is 0.328. The third-order valence-corrected chi connectivity index (χ3v) is 4.22. The molecule has 1 unspecified atom stereocenters. The first-order valence-electron chi connectivity index (χ1n) is 6.77. The van der Waals surface area contributed by atoms with Crippen LogP contribution < -0.4 is 5.32 Å². The van der Waals surface area contributed by atoms with Crippen LogP contribution in [0.15, 0.2) is 22.8 Å². The second-order valence-corrected chi connectivity index (χ2v) is 6.03. The Morgan fingerprint density at radius 3 is 2.90 bits per heavy atom. The minimum atomic E-state index is -0.407. The summed E-state index contributed by atoms with van der Waals surface area (Å²) < 4.78 is 0. The number of hydrogen-bond acceptors (Lipinski definition) is 3. The van der Waals surface area contributed by atoms with Gasteiger partial charge in [0.05, 0.1) is 23.5 Å². The average Bonchev–Trinajstić information content (AvgIpc) is 2.92. The smallest absolute Gasteiger partial charge is 0.252 e. The van der Waals surface area contributed by atoms with Crippen molar-refractivity contribution in [2.24, 2.45) is 0 Å². The van der Waals surface area contributed by atoms with E-state index in [0.29, 0.717) is 30.0 Å². The van der Waals surface area contributed by atoms with Crippen molar-refractivity contribution in [2.45, 2.75) is 30.7 Å². The van der Waals surface area contributed by atoms with Crippen molar-refractivity contribution in [3.05, 3.63) is 22.8 Å². The highest BCUT2D eigenvalue weighted by Gasteiger charge is 2.28. The fourth-order valence-corrected chi connectivity index (χ4v) is 3.06. The quantitative estimate of drug-likeness (QED) is 0.625. The molecular formula is C14H16Cl2N2O3. The Kier molecular flexibility index (Phi) is 5.42. The molecule has 5 nitrogen and oxygen atoms in total. The van der Waals surface area contributed by atoms with Crippen LogP contribution >= 0.6 is 23.2 Å². The highest BCUT2D eigenvalue weighted by Crippen LogP contribution is 2.25. The van der Waals surface area contributed by atoms with Crippen LogP contribution in [0.5, 0.6) is 0 Å². The number of nitrogens with zero attached hydrogens (tertiary/aromatic N) is 1. The molecule has 1 heterocycles. The Hall–Kier alpha value is -1.33. The summed E-state index contributed by atoms with van der Waals surface area (Å²) in [5, 5.41) is 2.71. The van der Waals surface area contributed by atoms with Crippen molar-refractivity contribution in [1.82, 2.24) is 10.2 Å². The molecule has 114 valence electrons. The summed E-state index contributed by atoms with van der Waals surface area (Å²) in [5.74, 6) is -0.667. The van der Waals surface area contributed by atoms with E-state index in [2.05, 4.69) is 5.32 Å². The fraction of sp³-hybridized carbons (Fsp3) is 0.500. The van der Waals surface area contributed by atoms with Gasteiger partial charge in [0.25, 0.3) is 5.91 Å². The summed E-state index contributed by atoms with van der Waals surface area (Å²) in [6.07, 6.45) is 5.91. The van der Waals surface area contributed by atoms with E-state index in [-0.39, 0.29) is 23.9 Å². The highest BCUT2D eigenvalue weighted by molar-refractivity contribution is 6.33. The maximum Gasteiger partial charge on any atom is 0.252 e. The summed E-state index contributed by atoms with van der Waals surface area (Å²) >= 11 is 11.9. The van der Waals surface area contributed by atoms with Crippen molar-refractivity contribution >= 4 is 41.3 Å². The number of hydrogen-bond donors (Lipinski definition) is 1. The number of nitrogens with one attached hydrogen (secondary N) is 1. The zero-order valence-corrected chi connectivity index (χ0v) is 12.9. The van der Waals surface area contributed by atoms with Crippen LogP contribution in [-0.2, 0) is 14.4 Å². The minimum absolute atomic E-state index is 0.144. The van der Waals surface area contributed by atoms with Crippen molar-refractivity contribution in [3.8, 4) is 0 Å². The third-order valence-electron chi connectivity index (χ3n) is 3.56. The van der Waals surface area contributed by atoms with Crippen molar-refractivity contribution in [1.29, 1.82) is 0 Å². The largest absolute Gasteiger partial charge is 0.343 e. The lowest BCUT2D eigenvalue weighted by Crippen LogP contribution is -2.43. The van der Waals surface area contributed by atoms with Gasteiger partial charge in [-0.05, 0) is 12.8 Å². The summed E-state index contributed by atoms with van der Waals surface area (Å²) in [6.45, 7) is 0.407. The molecule has 2 aliphatic rings. The molecule has 2 rings (SSSR count). The molecule has 2 amide bonds. The SMILES string of the molecule is O=C[C@@H]1CCCN1C(=O)CNC(=O)C1=C(Cl)CC(Cl)C=C1. The normalized spacial score (nSPS) is 25.1. The molecule has 1 aliphatic heterocycles. The Morgan fingerprint density at radius 2 is 2.24 bits per heavy atom. The molecule has 2 atom stereocenters. The maximum absolute atomic E-state index is 12.0. The second kappa shape index (κ2) is 7.09. The predicted octanol–water partition coefficient (Wildman–Crippen LogP) is 1.35. The Balaban J connectivity index is 1.90. The average molecular weight is 331 g/mol. The molecule has 0 saturated carbocycles.